The number of phenols is 3. The first kappa shape index (κ1) is 21.8. The number of rotatable bonds is 1. The van der Waals surface area contributed by atoms with E-state index in [9.17, 15) is 34.8 Å². The quantitative estimate of drug-likeness (QED) is 0.403. The number of allylic oxidation sites excluding steroid dienone is 4. The summed E-state index contributed by atoms with van der Waals surface area (Å²) in [6, 6.07) is 11.0. The summed E-state index contributed by atoms with van der Waals surface area (Å²) in [5.41, 5.74) is 2.93. The van der Waals surface area contributed by atoms with Crippen molar-refractivity contribution in [2.75, 3.05) is 0 Å². The molecule has 4 aliphatic rings. The van der Waals surface area contributed by atoms with E-state index in [1.54, 1.807) is 30.3 Å². The molecule has 0 aromatic heterocycles. The zero-order chi connectivity index (χ0) is 25.8. The van der Waals surface area contributed by atoms with E-state index in [1.807, 2.05) is 0 Å². The van der Waals surface area contributed by atoms with E-state index in [-0.39, 0.29) is 70.7 Å². The Morgan fingerprint density at radius 3 is 2.22 bits per heavy atom. The summed E-state index contributed by atoms with van der Waals surface area (Å²) in [6.45, 7) is -0.378. The summed E-state index contributed by atoms with van der Waals surface area (Å²) in [5.74, 6) is -2.21. The summed E-state index contributed by atoms with van der Waals surface area (Å²) >= 11 is 0. The smallest absolute Gasteiger partial charge is 0.190 e. The largest absolute Gasteiger partial charge is 0.507 e. The molecule has 0 radical (unpaired) electrons. The maximum absolute atomic E-state index is 13.7. The molecule has 0 fully saturated rings. The average Bonchev–Trinajstić information content (AvgIpc) is 3.09. The number of hydrogen-bond donors (Lipinski definition) is 4. The first-order valence-electron chi connectivity index (χ1n) is 12.0. The van der Waals surface area contributed by atoms with Gasteiger partial charge in [0, 0.05) is 18.4 Å². The molecule has 3 aromatic carbocycles. The van der Waals surface area contributed by atoms with Gasteiger partial charge < -0.3 is 20.4 Å². The SMILES string of the molecule is O=C1C[C@H]2CC(=O)c3c(O)cccc3[C@@]23C(=C2C=CC(=O)c4c(O)ccc3c42)c2cc(CO)cc(O)c21. The van der Waals surface area contributed by atoms with Crippen molar-refractivity contribution in [2.45, 2.75) is 24.9 Å². The highest BCUT2D eigenvalue weighted by atomic mass is 16.3. The predicted molar refractivity (Wildman–Crippen MR) is 133 cm³/mol. The Balaban J connectivity index is 1.75. The van der Waals surface area contributed by atoms with Crippen LogP contribution >= 0.6 is 0 Å². The second-order valence-electron chi connectivity index (χ2n) is 10.0. The number of aromatic hydroxyl groups is 3. The van der Waals surface area contributed by atoms with Gasteiger partial charge in [-0.15, -0.1) is 0 Å². The predicted octanol–water partition coefficient (Wildman–Crippen LogP) is 4.05. The van der Waals surface area contributed by atoms with E-state index in [4.69, 9.17) is 0 Å². The standard InChI is InChI=1S/C30H20O7/c31-12-13-8-16-26(22(35)9-13)23(36)10-14-11-24(37)27-17(2-1-3-19(27)32)30(14)18-5-7-21(34)28-20(33)6-4-15(25(18)28)29(16)30/h1-9,14,31-32,34-35H,10-12H2/t14-,30-/m0/s1. The van der Waals surface area contributed by atoms with Crippen molar-refractivity contribution in [3.63, 3.8) is 0 Å². The fourth-order valence-corrected chi connectivity index (χ4v) is 7.07. The molecule has 37 heavy (non-hydrogen) atoms. The van der Waals surface area contributed by atoms with E-state index in [1.165, 1.54) is 24.3 Å². The summed E-state index contributed by atoms with van der Waals surface area (Å²) in [6.07, 6.45) is 2.91. The van der Waals surface area contributed by atoms with Crippen LogP contribution in [-0.2, 0) is 12.0 Å². The third-order valence-corrected chi connectivity index (χ3v) is 8.32. The molecule has 3 aromatic rings. The number of phenolic OH excluding ortho intramolecular Hbond substituents is 3. The molecule has 4 aliphatic carbocycles. The monoisotopic (exact) mass is 492 g/mol. The molecule has 7 nitrogen and oxygen atoms in total. The van der Waals surface area contributed by atoms with Crippen molar-refractivity contribution in [3.05, 3.63) is 99.1 Å². The zero-order valence-electron chi connectivity index (χ0n) is 19.4. The molecule has 0 saturated heterocycles. The molecule has 0 heterocycles. The van der Waals surface area contributed by atoms with Crippen molar-refractivity contribution in [3.8, 4) is 17.2 Å². The van der Waals surface area contributed by atoms with Crippen LogP contribution in [0.5, 0.6) is 17.2 Å². The van der Waals surface area contributed by atoms with Gasteiger partial charge >= 0.3 is 0 Å². The van der Waals surface area contributed by atoms with Gasteiger partial charge in [-0.2, -0.15) is 0 Å². The molecule has 182 valence electrons. The Morgan fingerprint density at radius 1 is 0.757 bits per heavy atom. The van der Waals surface area contributed by atoms with Crippen molar-refractivity contribution < 1.29 is 34.8 Å². The number of hydrogen-bond acceptors (Lipinski definition) is 7. The second-order valence-corrected chi connectivity index (χ2v) is 10.0. The Kier molecular flexibility index (Phi) is 4.15. The number of Topliss-reactive ketones (excluding diaryl/α,β-unsaturated/α-hetero) is 2. The number of aliphatic hydroxyl groups excluding tert-OH is 1. The summed E-state index contributed by atoms with van der Waals surface area (Å²) in [4.78, 5) is 40.0. The number of carbonyl (C=O) groups excluding carboxylic acids is 3. The molecule has 0 amide bonds. The van der Waals surface area contributed by atoms with Gasteiger partial charge in [-0.05, 0) is 69.7 Å². The normalized spacial score (nSPS) is 22.7. The summed E-state index contributed by atoms with van der Waals surface area (Å²) in [5, 5.41) is 42.4. The van der Waals surface area contributed by atoms with E-state index in [0.717, 1.165) is 0 Å². The highest BCUT2D eigenvalue weighted by molar-refractivity contribution is 6.24. The van der Waals surface area contributed by atoms with Crippen molar-refractivity contribution in [1.82, 2.24) is 0 Å². The minimum Gasteiger partial charge on any atom is -0.507 e. The Hall–Kier alpha value is -4.49. The van der Waals surface area contributed by atoms with Crippen molar-refractivity contribution >= 4 is 28.5 Å². The van der Waals surface area contributed by atoms with Gasteiger partial charge in [-0.3, -0.25) is 14.4 Å². The van der Waals surface area contributed by atoms with Gasteiger partial charge in [-0.25, -0.2) is 0 Å². The molecule has 7 rings (SSSR count). The van der Waals surface area contributed by atoms with Crippen LogP contribution in [0.4, 0.5) is 0 Å². The lowest BCUT2D eigenvalue weighted by molar-refractivity contribution is 0.0883. The van der Waals surface area contributed by atoms with Crippen LogP contribution in [0, 0.1) is 5.92 Å². The third-order valence-electron chi connectivity index (χ3n) is 8.32. The van der Waals surface area contributed by atoms with Gasteiger partial charge in [0.2, 0.25) is 0 Å². The minimum absolute atomic E-state index is 0.0397. The topological polar surface area (TPSA) is 132 Å². The molecule has 1 spiro atoms. The Morgan fingerprint density at radius 2 is 1.46 bits per heavy atom. The van der Waals surface area contributed by atoms with Gasteiger partial charge in [0.05, 0.1) is 28.7 Å². The maximum atomic E-state index is 13.7. The summed E-state index contributed by atoms with van der Waals surface area (Å²) < 4.78 is 0. The third kappa shape index (κ3) is 2.46. The summed E-state index contributed by atoms with van der Waals surface area (Å²) in [7, 11) is 0. The van der Waals surface area contributed by atoms with Crippen LogP contribution in [0.3, 0.4) is 0 Å². The molecular weight excluding hydrogens is 472 g/mol. The average molecular weight is 492 g/mol. The van der Waals surface area contributed by atoms with Crippen LogP contribution in [-0.4, -0.2) is 37.8 Å². The number of ketones is 3. The zero-order valence-corrected chi connectivity index (χ0v) is 19.4. The number of carbonyl (C=O) groups is 3. The lowest BCUT2D eigenvalue weighted by Gasteiger charge is -2.44. The van der Waals surface area contributed by atoms with Crippen molar-refractivity contribution in [1.29, 1.82) is 0 Å². The molecule has 2 atom stereocenters. The van der Waals surface area contributed by atoms with Crippen molar-refractivity contribution in [2.24, 2.45) is 5.92 Å². The second kappa shape index (κ2) is 7.05. The Bertz CT molecular complexity index is 1710. The first-order chi connectivity index (χ1) is 17.8. The first-order valence-corrected chi connectivity index (χ1v) is 12.0. The highest BCUT2D eigenvalue weighted by Crippen LogP contribution is 2.66. The van der Waals surface area contributed by atoms with Crippen LogP contribution < -0.4 is 0 Å². The van der Waals surface area contributed by atoms with Gasteiger partial charge in [-0.1, -0.05) is 24.3 Å². The lowest BCUT2D eigenvalue weighted by atomic mass is 9.56. The fourth-order valence-electron chi connectivity index (χ4n) is 7.07. The van der Waals surface area contributed by atoms with Crippen LogP contribution in [0.25, 0.3) is 11.1 Å². The van der Waals surface area contributed by atoms with Gasteiger partial charge in [0.15, 0.2) is 17.3 Å². The van der Waals surface area contributed by atoms with Gasteiger partial charge in [0.1, 0.15) is 17.2 Å². The van der Waals surface area contributed by atoms with Crippen LogP contribution in [0.1, 0.15) is 71.7 Å². The van der Waals surface area contributed by atoms with Crippen LogP contribution in [0.2, 0.25) is 0 Å². The molecule has 0 bridgehead atoms. The number of benzene rings is 3. The van der Waals surface area contributed by atoms with E-state index < -0.39 is 11.3 Å². The molecule has 7 heteroatoms. The molecule has 0 saturated carbocycles. The number of aliphatic hydroxyl groups is 1. The van der Waals surface area contributed by atoms with E-state index in [2.05, 4.69) is 0 Å². The molecule has 0 aliphatic heterocycles. The van der Waals surface area contributed by atoms with Crippen LogP contribution in [0.15, 0.2) is 54.6 Å². The molecular formula is C30H20O7. The maximum Gasteiger partial charge on any atom is 0.190 e. The molecule has 4 N–H and O–H groups in total. The fraction of sp³-hybridized carbons (Fsp3) is 0.167. The lowest BCUT2D eigenvalue weighted by Crippen LogP contribution is -2.42. The Labute approximate surface area is 210 Å². The van der Waals surface area contributed by atoms with E-state index in [0.29, 0.717) is 39.0 Å². The van der Waals surface area contributed by atoms with E-state index >= 15 is 0 Å². The number of fused-ring (bicyclic) bond motifs is 3. The molecule has 0 unspecified atom stereocenters. The van der Waals surface area contributed by atoms with Gasteiger partial charge in [0.25, 0.3) is 0 Å². The highest BCUT2D eigenvalue weighted by Gasteiger charge is 2.59. The minimum atomic E-state index is -1.13.